The minimum Gasteiger partial charge on any atom is -0.481 e. The maximum Gasteiger partial charge on any atom is 0.321 e. The minimum atomic E-state index is -0.903. The molecule has 0 aromatic carbocycles. The molecule has 6 nitrogen and oxygen atoms in total. The first-order chi connectivity index (χ1) is 8.54. The second-order valence-corrected chi connectivity index (χ2v) is 4.83. The van der Waals surface area contributed by atoms with Crippen LogP contribution in [-0.2, 0) is 4.79 Å². The van der Waals surface area contributed by atoms with E-state index in [1.54, 1.807) is 25.4 Å². The lowest BCUT2D eigenvalue weighted by molar-refractivity contribution is -0.149. The first-order valence-corrected chi connectivity index (χ1v) is 6.59. The van der Waals surface area contributed by atoms with E-state index in [0.29, 0.717) is 18.0 Å². The third kappa shape index (κ3) is 3.43. The van der Waals surface area contributed by atoms with E-state index in [1.807, 2.05) is 0 Å². The van der Waals surface area contributed by atoms with Gasteiger partial charge in [0.1, 0.15) is 0 Å². The zero-order chi connectivity index (χ0) is 13.6. The summed E-state index contributed by atoms with van der Waals surface area (Å²) in [5, 5.41) is 16.6. The largest absolute Gasteiger partial charge is 0.481 e. The average Bonchev–Trinajstić information content (AvgIpc) is 2.83. The standard InChI is InChI=1S/C11H17N3O3S/c1-3-11(4-2,8(15)16)7-13-9(17)14-10-12-5-6-18-10/h5-6H,3-4,7H2,1-2H3,(H,15,16)(H2,12,13,14,17). The number of carbonyl (C=O) groups is 2. The maximum atomic E-state index is 11.6. The van der Waals surface area contributed by atoms with E-state index in [1.165, 1.54) is 11.3 Å². The number of amides is 2. The second kappa shape index (κ2) is 6.34. The lowest BCUT2D eigenvalue weighted by Gasteiger charge is -2.26. The molecule has 0 aliphatic heterocycles. The highest BCUT2D eigenvalue weighted by molar-refractivity contribution is 7.13. The Morgan fingerprint density at radius 3 is 2.56 bits per heavy atom. The van der Waals surface area contributed by atoms with Crippen molar-refractivity contribution in [3.8, 4) is 0 Å². The summed E-state index contributed by atoms with van der Waals surface area (Å²) in [6, 6.07) is -0.433. The van der Waals surface area contributed by atoms with Crippen LogP contribution in [0.5, 0.6) is 0 Å². The normalized spacial score (nSPS) is 11.0. The van der Waals surface area contributed by atoms with Crippen LogP contribution in [-0.4, -0.2) is 28.6 Å². The van der Waals surface area contributed by atoms with E-state index < -0.39 is 17.4 Å². The van der Waals surface area contributed by atoms with Crippen molar-refractivity contribution in [2.75, 3.05) is 11.9 Å². The summed E-state index contributed by atoms with van der Waals surface area (Å²) < 4.78 is 0. The number of urea groups is 1. The number of thiazole rings is 1. The van der Waals surface area contributed by atoms with E-state index in [4.69, 9.17) is 0 Å². The van der Waals surface area contributed by atoms with Gasteiger partial charge < -0.3 is 10.4 Å². The molecule has 1 aromatic rings. The lowest BCUT2D eigenvalue weighted by Crippen LogP contribution is -2.43. The molecule has 7 heteroatoms. The van der Waals surface area contributed by atoms with Gasteiger partial charge in [0.25, 0.3) is 0 Å². The molecule has 0 atom stereocenters. The molecule has 1 heterocycles. The van der Waals surface area contributed by atoms with Gasteiger partial charge in [-0.1, -0.05) is 13.8 Å². The molecule has 100 valence electrons. The van der Waals surface area contributed by atoms with E-state index in [9.17, 15) is 14.7 Å². The first kappa shape index (κ1) is 14.4. The molecule has 0 fully saturated rings. The zero-order valence-electron chi connectivity index (χ0n) is 10.4. The fourth-order valence-electron chi connectivity index (χ4n) is 1.55. The van der Waals surface area contributed by atoms with Gasteiger partial charge in [0.05, 0.1) is 5.41 Å². The van der Waals surface area contributed by atoms with Crippen LogP contribution in [0.2, 0.25) is 0 Å². The Labute approximate surface area is 109 Å². The number of rotatable bonds is 6. The van der Waals surface area contributed by atoms with Crippen molar-refractivity contribution in [1.29, 1.82) is 0 Å². The highest BCUT2D eigenvalue weighted by Gasteiger charge is 2.35. The van der Waals surface area contributed by atoms with Crippen molar-refractivity contribution in [1.82, 2.24) is 10.3 Å². The summed E-state index contributed by atoms with van der Waals surface area (Å²) in [5.74, 6) is -0.887. The van der Waals surface area contributed by atoms with E-state index in [-0.39, 0.29) is 6.54 Å². The van der Waals surface area contributed by atoms with Gasteiger partial charge in [-0.2, -0.15) is 0 Å². The van der Waals surface area contributed by atoms with Crippen LogP contribution in [0.3, 0.4) is 0 Å². The van der Waals surface area contributed by atoms with Gasteiger partial charge in [0.2, 0.25) is 0 Å². The molecule has 0 unspecified atom stereocenters. The quantitative estimate of drug-likeness (QED) is 0.739. The number of aliphatic carboxylic acids is 1. The maximum absolute atomic E-state index is 11.6. The highest BCUT2D eigenvalue weighted by Crippen LogP contribution is 2.25. The van der Waals surface area contributed by atoms with Gasteiger partial charge in [-0.15, -0.1) is 11.3 Å². The van der Waals surface area contributed by atoms with Crippen molar-refractivity contribution in [2.45, 2.75) is 26.7 Å². The molecular weight excluding hydrogens is 254 g/mol. The third-order valence-corrected chi connectivity index (χ3v) is 3.74. The number of hydrogen-bond acceptors (Lipinski definition) is 4. The number of nitrogens with one attached hydrogen (secondary N) is 2. The van der Waals surface area contributed by atoms with Gasteiger partial charge >= 0.3 is 12.0 Å². The molecule has 0 bridgehead atoms. The van der Waals surface area contributed by atoms with Crippen LogP contribution < -0.4 is 10.6 Å². The second-order valence-electron chi connectivity index (χ2n) is 3.94. The first-order valence-electron chi connectivity index (χ1n) is 5.72. The topological polar surface area (TPSA) is 91.3 Å². The van der Waals surface area contributed by atoms with E-state index in [0.717, 1.165) is 0 Å². The molecule has 0 spiro atoms. The molecule has 1 aromatic heterocycles. The Morgan fingerprint density at radius 1 is 1.44 bits per heavy atom. The fourth-order valence-corrected chi connectivity index (χ4v) is 2.08. The van der Waals surface area contributed by atoms with Crippen LogP contribution in [0.1, 0.15) is 26.7 Å². The lowest BCUT2D eigenvalue weighted by atomic mass is 9.82. The molecule has 0 saturated carbocycles. The van der Waals surface area contributed by atoms with Crippen molar-refractivity contribution in [2.24, 2.45) is 5.41 Å². The van der Waals surface area contributed by atoms with Crippen molar-refractivity contribution < 1.29 is 14.7 Å². The van der Waals surface area contributed by atoms with Crippen molar-refractivity contribution >= 4 is 28.5 Å². The third-order valence-electron chi connectivity index (χ3n) is 3.05. The van der Waals surface area contributed by atoms with Crippen molar-refractivity contribution in [3.05, 3.63) is 11.6 Å². The molecule has 0 aliphatic rings. The number of nitrogens with zero attached hydrogens (tertiary/aromatic N) is 1. The van der Waals surface area contributed by atoms with Crippen LogP contribution in [0.4, 0.5) is 9.93 Å². The van der Waals surface area contributed by atoms with Gasteiger partial charge in [-0.05, 0) is 12.8 Å². The monoisotopic (exact) mass is 271 g/mol. The summed E-state index contributed by atoms with van der Waals surface area (Å²) in [7, 11) is 0. The van der Waals surface area contributed by atoms with Gasteiger partial charge in [-0.25, -0.2) is 9.78 Å². The Kier molecular flexibility index (Phi) is 5.08. The Hall–Kier alpha value is -1.63. The number of anilines is 1. The predicted octanol–water partition coefficient (Wildman–Crippen LogP) is 2.16. The summed E-state index contributed by atoms with van der Waals surface area (Å²) in [4.78, 5) is 26.7. The number of carboxylic acids is 1. The van der Waals surface area contributed by atoms with Crippen LogP contribution in [0, 0.1) is 5.41 Å². The molecule has 1 rings (SSSR count). The van der Waals surface area contributed by atoms with Crippen molar-refractivity contribution in [3.63, 3.8) is 0 Å². The number of carboxylic acid groups (broad SMARTS) is 1. The molecule has 0 saturated heterocycles. The van der Waals surface area contributed by atoms with Gasteiger partial charge in [-0.3, -0.25) is 10.1 Å². The zero-order valence-corrected chi connectivity index (χ0v) is 11.2. The molecule has 18 heavy (non-hydrogen) atoms. The number of carbonyl (C=O) groups excluding carboxylic acids is 1. The minimum absolute atomic E-state index is 0.104. The van der Waals surface area contributed by atoms with Crippen LogP contribution in [0.25, 0.3) is 0 Å². The highest BCUT2D eigenvalue weighted by atomic mass is 32.1. The molecule has 2 amide bonds. The fraction of sp³-hybridized carbons (Fsp3) is 0.545. The summed E-state index contributed by atoms with van der Waals surface area (Å²) in [5.41, 5.74) is -0.903. The molecular formula is C11H17N3O3S. The van der Waals surface area contributed by atoms with Crippen LogP contribution in [0.15, 0.2) is 11.6 Å². The number of hydrogen-bond donors (Lipinski definition) is 3. The smallest absolute Gasteiger partial charge is 0.321 e. The van der Waals surface area contributed by atoms with E-state index >= 15 is 0 Å². The predicted molar refractivity (Wildman–Crippen MR) is 69.8 cm³/mol. The van der Waals surface area contributed by atoms with E-state index in [2.05, 4.69) is 15.6 Å². The molecule has 0 radical (unpaired) electrons. The Bertz CT molecular complexity index is 402. The molecule has 3 N–H and O–H groups in total. The van der Waals surface area contributed by atoms with Gasteiger partial charge in [0.15, 0.2) is 5.13 Å². The van der Waals surface area contributed by atoms with Gasteiger partial charge in [0, 0.05) is 18.1 Å². The summed E-state index contributed by atoms with van der Waals surface area (Å²) in [6.45, 7) is 3.71. The average molecular weight is 271 g/mol. The molecule has 0 aliphatic carbocycles. The number of aromatic nitrogens is 1. The summed E-state index contributed by atoms with van der Waals surface area (Å²) >= 11 is 1.30. The summed E-state index contributed by atoms with van der Waals surface area (Å²) in [6.07, 6.45) is 2.52. The Balaban J connectivity index is 2.52. The van der Waals surface area contributed by atoms with Crippen LogP contribution >= 0.6 is 11.3 Å². The SMILES string of the molecule is CCC(CC)(CNC(=O)Nc1nccs1)C(=O)O. The Morgan fingerprint density at radius 2 is 2.11 bits per heavy atom.